The summed E-state index contributed by atoms with van der Waals surface area (Å²) >= 11 is 12.0. The van der Waals surface area contributed by atoms with Gasteiger partial charge in [0, 0.05) is 42.6 Å². The van der Waals surface area contributed by atoms with Crippen LogP contribution in [0.1, 0.15) is 16.1 Å². The number of carbonyl (C=O) groups is 1. The number of Topliss-reactive ketones (excluding diaryl/α,β-unsaturated/α-hetero) is 1. The normalized spacial score (nSPS) is 11.3. The minimum Gasteiger partial charge on any atom is -0.433 e. The summed E-state index contributed by atoms with van der Waals surface area (Å²) in [4.78, 5) is 18.7. The monoisotopic (exact) mass is 350 g/mol. The highest BCUT2D eigenvalue weighted by Crippen LogP contribution is 2.24. The molecule has 0 N–H and O–H groups in total. The molecule has 0 atom stereocenters. The lowest BCUT2D eigenvalue weighted by Gasteiger charge is -2.13. The minimum absolute atomic E-state index is 0.123. The molecule has 2 aromatic rings. The first-order valence-corrected chi connectivity index (χ1v) is 7.62. The lowest BCUT2D eigenvalue weighted by molar-refractivity contribution is 0.0980. The summed E-state index contributed by atoms with van der Waals surface area (Å²) < 4.78 is 5.67. The molecule has 1 aromatic heterocycles. The second kappa shape index (κ2) is 7.49. The van der Waals surface area contributed by atoms with Gasteiger partial charge in [0.2, 0.25) is 11.7 Å². The molecule has 0 aliphatic heterocycles. The van der Waals surface area contributed by atoms with Gasteiger partial charge in [0.25, 0.3) is 0 Å². The van der Waals surface area contributed by atoms with Crippen molar-refractivity contribution in [3.8, 4) is 5.88 Å². The van der Waals surface area contributed by atoms with E-state index >= 15 is 0 Å². The molecule has 0 unspecified atom stereocenters. The van der Waals surface area contributed by atoms with Crippen LogP contribution >= 0.6 is 23.2 Å². The summed E-state index contributed by atoms with van der Waals surface area (Å²) in [6.07, 6.45) is 1.58. The number of carbonyl (C=O) groups excluding carboxylic acids is 1. The smallest absolute Gasteiger partial charge is 0.231 e. The number of benzene rings is 1. The van der Waals surface area contributed by atoms with Crippen molar-refractivity contribution in [3.05, 3.63) is 69.7 Å². The van der Waals surface area contributed by atoms with Crippen LogP contribution in [-0.2, 0) is 0 Å². The molecule has 4 nitrogen and oxygen atoms in total. The molecule has 0 bridgehead atoms. The average Bonchev–Trinajstić information content (AvgIpc) is 2.45. The van der Waals surface area contributed by atoms with Crippen molar-refractivity contribution in [1.82, 2.24) is 9.88 Å². The van der Waals surface area contributed by atoms with E-state index in [1.807, 2.05) is 19.1 Å². The molecule has 0 radical (unpaired) electrons. The van der Waals surface area contributed by atoms with Gasteiger partial charge in [0.05, 0.1) is 5.02 Å². The van der Waals surface area contributed by atoms with E-state index in [1.54, 1.807) is 43.4 Å². The van der Waals surface area contributed by atoms with Gasteiger partial charge in [0.15, 0.2) is 5.76 Å². The summed E-state index contributed by atoms with van der Waals surface area (Å²) in [5.41, 5.74) is 1.11. The number of nitrogens with zero attached hydrogens (tertiary/aromatic N) is 2. The summed E-state index contributed by atoms with van der Waals surface area (Å²) in [6, 6.07) is 10.1. The highest BCUT2D eigenvalue weighted by atomic mass is 35.5. The Kier molecular flexibility index (Phi) is 5.64. The Morgan fingerprint density at radius 2 is 1.96 bits per heavy atom. The standard InChI is InChI=1S/C17H16Cl2N2O2/c1-11-5-4-6-16(20-11)23-15(10-21(2)3)17(22)13-8-7-12(18)9-14(13)19/h4-10H,1-3H3/b15-10-. The molecule has 0 aliphatic carbocycles. The van der Waals surface area contributed by atoms with Crippen LogP contribution in [0.25, 0.3) is 0 Å². The molecule has 1 heterocycles. The zero-order chi connectivity index (χ0) is 17.0. The Morgan fingerprint density at radius 1 is 1.22 bits per heavy atom. The number of hydrogen-bond donors (Lipinski definition) is 0. The van der Waals surface area contributed by atoms with E-state index in [1.165, 1.54) is 6.07 Å². The van der Waals surface area contributed by atoms with Gasteiger partial charge < -0.3 is 9.64 Å². The van der Waals surface area contributed by atoms with Crippen LogP contribution in [0.4, 0.5) is 0 Å². The van der Waals surface area contributed by atoms with Crippen molar-refractivity contribution < 1.29 is 9.53 Å². The molecule has 2 rings (SSSR count). The zero-order valence-corrected chi connectivity index (χ0v) is 14.5. The predicted octanol–water partition coefficient (Wildman–Crippen LogP) is 4.36. The number of allylic oxidation sites excluding steroid dienone is 1. The number of ether oxygens (including phenoxy) is 1. The molecular weight excluding hydrogens is 335 g/mol. The Bertz CT molecular complexity index is 758. The third-order valence-corrected chi connectivity index (χ3v) is 3.40. The van der Waals surface area contributed by atoms with Crippen molar-refractivity contribution >= 4 is 29.0 Å². The summed E-state index contributed by atoms with van der Waals surface area (Å²) in [5, 5.41) is 0.735. The lowest BCUT2D eigenvalue weighted by Crippen LogP contribution is -2.15. The first kappa shape index (κ1) is 17.3. The maximum absolute atomic E-state index is 12.7. The SMILES string of the molecule is Cc1cccc(O/C(=C\N(C)C)C(=O)c2ccc(Cl)cc2Cl)n1. The van der Waals surface area contributed by atoms with Gasteiger partial charge in [-0.25, -0.2) is 4.98 Å². The maximum atomic E-state index is 12.7. The molecule has 1 aromatic carbocycles. The molecule has 6 heteroatoms. The Morgan fingerprint density at radius 3 is 2.57 bits per heavy atom. The van der Waals surface area contributed by atoms with E-state index in [2.05, 4.69) is 4.98 Å². The van der Waals surface area contributed by atoms with Crippen LogP contribution in [0.2, 0.25) is 10.0 Å². The highest BCUT2D eigenvalue weighted by Gasteiger charge is 2.19. The average molecular weight is 351 g/mol. The van der Waals surface area contributed by atoms with Gasteiger partial charge in [0.1, 0.15) is 0 Å². The minimum atomic E-state index is -0.344. The summed E-state index contributed by atoms with van der Waals surface area (Å²) in [6.45, 7) is 1.85. The molecule has 0 amide bonds. The van der Waals surface area contributed by atoms with E-state index < -0.39 is 0 Å². The fourth-order valence-corrected chi connectivity index (χ4v) is 2.35. The first-order chi connectivity index (χ1) is 10.9. The van der Waals surface area contributed by atoms with Crippen molar-refractivity contribution in [2.75, 3.05) is 14.1 Å². The molecule has 120 valence electrons. The lowest BCUT2D eigenvalue weighted by atomic mass is 10.1. The van der Waals surface area contributed by atoms with E-state index in [9.17, 15) is 4.79 Å². The van der Waals surface area contributed by atoms with Gasteiger partial charge >= 0.3 is 0 Å². The fraction of sp³-hybridized carbons (Fsp3) is 0.176. The molecule has 0 saturated heterocycles. The van der Waals surface area contributed by atoms with Gasteiger partial charge in [-0.15, -0.1) is 0 Å². The topological polar surface area (TPSA) is 42.4 Å². The fourth-order valence-electron chi connectivity index (χ4n) is 1.86. The summed E-state index contributed by atoms with van der Waals surface area (Å²) in [7, 11) is 3.59. The van der Waals surface area contributed by atoms with Crippen LogP contribution in [0.5, 0.6) is 5.88 Å². The molecule has 0 fully saturated rings. The number of ketones is 1. The van der Waals surface area contributed by atoms with Crippen LogP contribution in [0.3, 0.4) is 0 Å². The molecule has 0 saturated carbocycles. The number of halogens is 2. The van der Waals surface area contributed by atoms with Gasteiger partial charge in [-0.05, 0) is 31.2 Å². The van der Waals surface area contributed by atoms with Gasteiger partial charge in [-0.2, -0.15) is 0 Å². The largest absolute Gasteiger partial charge is 0.433 e. The van der Waals surface area contributed by atoms with Gasteiger partial charge in [-0.3, -0.25) is 4.79 Å². The van der Waals surface area contributed by atoms with Crippen LogP contribution in [0.15, 0.2) is 48.4 Å². The molecule has 23 heavy (non-hydrogen) atoms. The predicted molar refractivity (Wildman–Crippen MR) is 92.2 cm³/mol. The second-order valence-corrected chi connectivity index (χ2v) is 5.97. The second-order valence-electron chi connectivity index (χ2n) is 5.13. The summed E-state index contributed by atoms with van der Waals surface area (Å²) in [5.74, 6) is 0.123. The zero-order valence-electron chi connectivity index (χ0n) is 13.0. The van der Waals surface area contributed by atoms with Crippen LogP contribution < -0.4 is 4.74 Å². The third kappa shape index (κ3) is 4.71. The molecular formula is C17H16Cl2N2O2. The van der Waals surface area contributed by atoms with Crippen molar-refractivity contribution in [1.29, 1.82) is 0 Å². The van der Waals surface area contributed by atoms with Crippen LogP contribution in [-0.4, -0.2) is 29.8 Å². The third-order valence-electron chi connectivity index (χ3n) is 2.85. The molecule has 0 spiro atoms. The van der Waals surface area contributed by atoms with E-state index in [4.69, 9.17) is 27.9 Å². The Hall–Kier alpha value is -2.04. The highest BCUT2D eigenvalue weighted by molar-refractivity contribution is 6.37. The van der Waals surface area contributed by atoms with Gasteiger partial charge in [-0.1, -0.05) is 29.3 Å². The number of aromatic nitrogens is 1. The maximum Gasteiger partial charge on any atom is 0.231 e. The number of pyridine rings is 1. The van der Waals surface area contributed by atoms with E-state index in [-0.39, 0.29) is 16.6 Å². The van der Waals surface area contributed by atoms with Crippen molar-refractivity contribution in [3.63, 3.8) is 0 Å². The number of hydrogen-bond acceptors (Lipinski definition) is 4. The van der Waals surface area contributed by atoms with Crippen LogP contribution in [0, 0.1) is 6.92 Å². The number of rotatable bonds is 5. The number of aryl methyl sites for hydroxylation is 1. The van der Waals surface area contributed by atoms with Crippen molar-refractivity contribution in [2.45, 2.75) is 6.92 Å². The van der Waals surface area contributed by atoms with E-state index in [0.717, 1.165) is 5.69 Å². The van der Waals surface area contributed by atoms with Crippen molar-refractivity contribution in [2.24, 2.45) is 0 Å². The quantitative estimate of drug-likeness (QED) is 0.456. The molecule has 0 aliphatic rings. The Labute approximate surface area is 145 Å². The first-order valence-electron chi connectivity index (χ1n) is 6.86. The Balaban J connectivity index is 2.37. The van der Waals surface area contributed by atoms with E-state index in [0.29, 0.717) is 16.5 Å².